The van der Waals surface area contributed by atoms with Gasteiger partial charge in [0, 0.05) is 12.3 Å². The summed E-state index contributed by atoms with van der Waals surface area (Å²) in [6.07, 6.45) is 4.65. The number of aliphatic hydroxyl groups excluding tert-OH is 1. The summed E-state index contributed by atoms with van der Waals surface area (Å²) >= 11 is 0. The molecule has 2 fully saturated rings. The van der Waals surface area contributed by atoms with Gasteiger partial charge >= 0.3 is 0 Å². The number of hydrogen-bond acceptors (Lipinski definition) is 2. The lowest BCUT2D eigenvalue weighted by atomic mass is 9.75. The summed E-state index contributed by atoms with van der Waals surface area (Å²) in [6, 6.07) is 0. The molecule has 1 saturated heterocycles. The fourth-order valence-corrected chi connectivity index (χ4v) is 2.13. The minimum absolute atomic E-state index is 0.210. The zero-order chi connectivity index (χ0) is 11.0. The van der Waals surface area contributed by atoms with Crippen molar-refractivity contribution in [3.05, 3.63) is 35.5 Å². The molecule has 1 heterocycles. The Balaban J connectivity index is 2.23. The Labute approximate surface area is 90.9 Å². The van der Waals surface area contributed by atoms with E-state index >= 15 is 0 Å². The van der Waals surface area contributed by atoms with Crippen LogP contribution >= 0.6 is 0 Å². The normalized spacial score (nSPS) is 37.1. The number of rotatable bonds is 1. The average Bonchev–Trinajstić information content (AvgIpc) is 2.15. The summed E-state index contributed by atoms with van der Waals surface area (Å²) in [5, 5.41) is 9.79. The highest BCUT2D eigenvalue weighted by atomic mass is 16.5. The Morgan fingerprint density at radius 3 is 2.80 bits per heavy atom. The third-order valence-electron chi connectivity index (χ3n) is 3.16. The van der Waals surface area contributed by atoms with Crippen LogP contribution in [0.2, 0.25) is 0 Å². The topological polar surface area (TPSA) is 29.5 Å². The van der Waals surface area contributed by atoms with Crippen LogP contribution in [0.4, 0.5) is 0 Å². The van der Waals surface area contributed by atoms with E-state index in [4.69, 9.17) is 4.74 Å². The highest BCUT2D eigenvalue weighted by molar-refractivity contribution is 5.41. The minimum Gasteiger partial charge on any atom is -0.388 e. The van der Waals surface area contributed by atoms with E-state index in [1.54, 1.807) is 0 Å². The van der Waals surface area contributed by atoms with E-state index in [9.17, 15) is 5.11 Å². The zero-order valence-corrected chi connectivity index (χ0v) is 9.36. The Kier molecular flexibility index (Phi) is 2.81. The van der Waals surface area contributed by atoms with Gasteiger partial charge in [-0.15, -0.1) is 0 Å². The lowest BCUT2D eigenvalue weighted by Crippen LogP contribution is -2.48. The maximum absolute atomic E-state index is 9.79. The molecule has 2 rings (SSSR count). The molecule has 1 aliphatic carbocycles. The number of ether oxygens (including phenoxy) is 1. The molecule has 2 nitrogen and oxygen atoms in total. The van der Waals surface area contributed by atoms with Crippen molar-refractivity contribution in [2.75, 3.05) is 6.61 Å². The second kappa shape index (κ2) is 3.95. The smallest absolute Gasteiger partial charge is 0.0812 e. The van der Waals surface area contributed by atoms with Crippen molar-refractivity contribution in [3.63, 3.8) is 0 Å². The molecule has 1 saturated carbocycles. The highest BCUT2D eigenvalue weighted by Crippen LogP contribution is 2.41. The molecule has 0 aromatic rings. The van der Waals surface area contributed by atoms with Gasteiger partial charge in [0.05, 0.1) is 18.8 Å². The number of hydrogen-bond donors (Lipinski definition) is 1. The standard InChI is InChI=1S/C13H18O2/c1-8(2)4-5-10-9(3)12(14)6-13-11(10)7-15-13/h4-5,11-14H,3,6-7H2,1-2H3/b10-5+/t11-,12-,13-/m0/s1. The molecule has 1 aliphatic heterocycles. The van der Waals surface area contributed by atoms with Gasteiger partial charge in [0.25, 0.3) is 0 Å². The van der Waals surface area contributed by atoms with Crippen LogP contribution in [0.15, 0.2) is 35.5 Å². The zero-order valence-electron chi connectivity index (χ0n) is 9.36. The number of aliphatic hydroxyl groups is 1. The van der Waals surface area contributed by atoms with Gasteiger partial charge in [-0.2, -0.15) is 0 Å². The van der Waals surface area contributed by atoms with Crippen LogP contribution in [0.25, 0.3) is 0 Å². The van der Waals surface area contributed by atoms with Crippen LogP contribution in [0, 0.1) is 5.92 Å². The first-order valence-electron chi connectivity index (χ1n) is 5.43. The summed E-state index contributed by atoms with van der Waals surface area (Å²) in [5.74, 6) is 0.455. The van der Waals surface area contributed by atoms with E-state index in [-0.39, 0.29) is 6.10 Å². The Morgan fingerprint density at radius 2 is 2.27 bits per heavy atom. The summed E-state index contributed by atoms with van der Waals surface area (Å²) in [6.45, 7) is 8.87. The first kappa shape index (κ1) is 10.7. The molecular formula is C13H18O2. The lowest BCUT2D eigenvalue weighted by Gasteiger charge is -2.45. The number of fused-ring (bicyclic) bond motifs is 1. The summed E-state index contributed by atoms with van der Waals surface area (Å²) in [7, 11) is 0. The van der Waals surface area contributed by atoms with Crippen LogP contribution in [0.5, 0.6) is 0 Å². The highest BCUT2D eigenvalue weighted by Gasteiger charge is 2.42. The largest absolute Gasteiger partial charge is 0.388 e. The Morgan fingerprint density at radius 1 is 1.53 bits per heavy atom. The SMILES string of the molecule is C=C1/C(=C\C=C(C)C)[C@@H]2CO[C@H]2C[C@@H]1O. The Bertz CT molecular complexity index is 334. The first-order valence-corrected chi connectivity index (χ1v) is 5.43. The maximum Gasteiger partial charge on any atom is 0.0812 e. The van der Waals surface area contributed by atoms with Crippen LogP contribution in [0.3, 0.4) is 0 Å². The van der Waals surface area contributed by atoms with Gasteiger partial charge in [0.1, 0.15) is 0 Å². The molecule has 0 unspecified atom stereocenters. The third kappa shape index (κ3) is 1.92. The molecule has 0 spiro atoms. The summed E-state index contributed by atoms with van der Waals surface area (Å²) in [5.41, 5.74) is 3.30. The molecule has 2 heteroatoms. The first-order chi connectivity index (χ1) is 7.09. The molecular weight excluding hydrogens is 188 g/mol. The second-order valence-electron chi connectivity index (χ2n) is 4.62. The van der Waals surface area contributed by atoms with Gasteiger partial charge in [-0.1, -0.05) is 24.3 Å². The predicted molar refractivity (Wildman–Crippen MR) is 60.5 cm³/mol. The molecule has 2 aliphatic rings. The minimum atomic E-state index is -0.427. The average molecular weight is 206 g/mol. The predicted octanol–water partition coefficient (Wildman–Crippen LogP) is 2.21. The fourth-order valence-electron chi connectivity index (χ4n) is 2.13. The van der Waals surface area contributed by atoms with Crippen LogP contribution < -0.4 is 0 Å². The summed E-state index contributed by atoms with van der Waals surface area (Å²) < 4.78 is 5.43. The molecule has 0 aromatic heterocycles. The van der Waals surface area contributed by atoms with E-state index in [0.717, 1.165) is 12.2 Å². The van der Waals surface area contributed by atoms with Gasteiger partial charge in [-0.25, -0.2) is 0 Å². The lowest BCUT2D eigenvalue weighted by molar-refractivity contribution is -0.121. The number of allylic oxidation sites excluding steroid dienone is 3. The molecule has 0 aromatic carbocycles. The van der Waals surface area contributed by atoms with Crippen molar-refractivity contribution < 1.29 is 9.84 Å². The molecule has 0 bridgehead atoms. The van der Waals surface area contributed by atoms with Crippen LogP contribution in [0.1, 0.15) is 20.3 Å². The van der Waals surface area contributed by atoms with Gasteiger partial charge in [-0.3, -0.25) is 0 Å². The molecule has 3 atom stereocenters. The molecule has 1 N–H and O–H groups in total. The molecule has 0 amide bonds. The monoisotopic (exact) mass is 206 g/mol. The van der Waals surface area contributed by atoms with E-state index in [1.165, 1.54) is 11.1 Å². The fraction of sp³-hybridized carbons (Fsp3) is 0.538. The van der Waals surface area contributed by atoms with Crippen molar-refractivity contribution in [1.82, 2.24) is 0 Å². The van der Waals surface area contributed by atoms with Gasteiger partial charge < -0.3 is 9.84 Å². The third-order valence-corrected chi connectivity index (χ3v) is 3.16. The summed E-state index contributed by atoms with van der Waals surface area (Å²) in [4.78, 5) is 0. The van der Waals surface area contributed by atoms with E-state index in [1.807, 2.05) is 0 Å². The van der Waals surface area contributed by atoms with Gasteiger partial charge in [0.15, 0.2) is 0 Å². The van der Waals surface area contributed by atoms with Crippen LogP contribution in [-0.4, -0.2) is 23.9 Å². The van der Waals surface area contributed by atoms with Crippen molar-refractivity contribution >= 4 is 0 Å². The Hall–Kier alpha value is -0.860. The van der Waals surface area contributed by atoms with E-state index in [2.05, 4.69) is 32.6 Å². The van der Waals surface area contributed by atoms with E-state index < -0.39 is 6.10 Å². The maximum atomic E-state index is 9.79. The van der Waals surface area contributed by atoms with Gasteiger partial charge in [0.2, 0.25) is 0 Å². The molecule has 15 heavy (non-hydrogen) atoms. The van der Waals surface area contributed by atoms with Crippen molar-refractivity contribution in [2.24, 2.45) is 5.92 Å². The van der Waals surface area contributed by atoms with Gasteiger partial charge in [-0.05, 0) is 25.0 Å². The molecule has 0 radical (unpaired) electrons. The van der Waals surface area contributed by atoms with Crippen molar-refractivity contribution in [2.45, 2.75) is 32.5 Å². The van der Waals surface area contributed by atoms with E-state index in [0.29, 0.717) is 12.3 Å². The van der Waals surface area contributed by atoms with Crippen LogP contribution in [-0.2, 0) is 4.74 Å². The van der Waals surface area contributed by atoms with Crippen molar-refractivity contribution in [3.8, 4) is 0 Å². The molecule has 82 valence electrons. The quantitative estimate of drug-likeness (QED) is 0.712. The van der Waals surface area contributed by atoms with Crippen molar-refractivity contribution in [1.29, 1.82) is 0 Å². The second-order valence-corrected chi connectivity index (χ2v) is 4.62.